The van der Waals surface area contributed by atoms with Gasteiger partial charge < -0.3 is 9.47 Å². The maximum absolute atomic E-state index is 12.5. The quantitative estimate of drug-likeness (QED) is 0.437. The fraction of sp³-hybridized carbons (Fsp3) is 0.412. The third kappa shape index (κ3) is 4.30. The Balaban J connectivity index is 1.80. The minimum atomic E-state index is -4.28. The number of alkyl halides is 3. The highest BCUT2D eigenvalue weighted by Gasteiger charge is 2.33. The van der Waals surface area contributed by atoms with Crippen molar-refractivity contribution in [3.8, 4) is 0 Å². The van der Waals surface area contributed by atoms with Gasteiger partial charge in [-0.2, -0.15) is 13.2 Å². The average molecular weight is 397 g/mol. The predicted molar refractivity (Wildman–Crippen MR) is 94.4 cm³/mol. The van der Waals surface area contributed by atoms with Gasteiger partial charge in [-0.25, -0.2) is 4.98 Å². The molecule has 2 heterocycles. The van der Waals surface area contributed by atoms with Gasteiger partial charge in [-0.1, -0.05) is 0 Å². The van der Waals surface area contributed by atoms with Crippen LogP contribution in [0.2, 0.25) is 0 Å². The summed E-state index contributed by atoms with van der Waals surface area (Å²) in [6.07, 6.45) is -1.23. The minimum absolute atomic E-state index is 0.125. The molecule has 0 radical (unpaired) electrons. The molecule has 0 amide bonds. The number of piperazine rings is 1. The Labute approximate surface area is 158 Å². The highest BCUT2D eigenvalue weighted by atomic mass is 19.4. The number of hydrogen-bond acceptors (Lipinski definition) is 6. The number of anilines is 1. The number of nitro groups is 1. The molecule has 0 bridgehead atoms. The van der Waals surface area contributed by atoms with Gasteiger partial charge in [-0.3, -0.25) is 19.8 Å². The number of rotatable bonds is 5. The summed E-state index contributed by atoms with van der Waals surface area (Å²) in [6, 6.07) is 4.13. The maximum Gasteiger partial charge on any atom is 0.401 e. The summed E-state index contributed by atoms with van der Waals surface area (Å²) < 4.78 is 39.1. The molecule has 1 aromatic carbocycles. The summed E-state index contributed by atoms with van der Waals surface area (Å²) in [5.74, 6) is -0.292. The van der Waals surface area contributed by atoms with Crippen molar-refractivity contribution in [2.45, 2.75) is 6.18 Å². The molecular formula is C17H18F3N5O3. The zero-order valence-electron chi connectivity index (χ0n) is 15.0. The van der Waals surface area contributed by atoms with Gasteiger partial charge in [0.15, 0.2) is 5.82 Å². The van der Waals surface area contributed by atoms with Gasteiger partial charge in [0.25, 0.3) is 5.69 Å². The van der Waals surface area contributed by atoms with Crippen molar-refractivity contribution < 1.29 is 22.9 Å². The number of ketones is 1. The van der Waals surface area contributed by atoms with Crippen molar-refractivity contribution in [2.24, 2.45) is 7.05 Å². The summed E-state index contributed by atoms with van der Waals surface area (Å²) in [7, 11) is 1.64. The first-order valence-corrected chi connectivity index (χ1v) is 8.50. The molecule has 0 spiro atoms. The van der Waals surface area contributed by atoms with Crippen LogP contribution in [-0.4, -0.2) is 64.1 Å². The van der Waals surface area contributed by atoms with Gasteiger partial charge in [-0.05, 0) is 12.1 Å². The highest BCUT2D eigenvalue weighted by Crippen LogP contribution is 2.31. The van der Waals surface area contributed by atoms with Gasteiger partial charge in [-0.15, -0.1) is 0 Å². The number of aryl methyl sites for hydroxylation is 1. The van der Waals surface area contributed by atoms with Crippen LogP contribution in [0.1, 0.15) is 16.2 Å². The standard InChI is InChI=1S/C17H18F3N5O3/c1-22-5-4-21-16(22)15(26)12-2-3-13(14(10-12)25(27)28)24-8-6-23(7-9-24)11-17(18,19)20/h2-5,10H,6-9,11H2,1H3. The largest absolute Gasteiger partial charge is 0.401 e. The first kappa shape index (κ1) is 19.8. The maximum atomic E-state index is 12.5. The van der Waals surface area contributed by atoms with Crippen LogP contribution >= 0.6 is 0 Å². The van der Waals surface area contributed by atoms with Crippen LogP contribution in [0.3, 0.4) is 0 Å². The Morgan fingerprint density at radius 3 is 2.46 bits per heavy atom. The molecule has 1 aliphatic heterocycles. The van der Waals surface area contributed by atoms with E-state index in [4.69, 9.17) is 0 Å². The van der Waals surface area contributed by atoms with Crippen molar-refractivity contribution in [1.82, 2.24) is 14.5 Å². The highest BCUT2D eigenvalue weighted by molar-refractivity contribution is 6.07. The molecule has 8 nitrogen and oxygen atoms in total. The molecular weight excluding hydrogens is 379 g/mol. The second kappa shape index (κ2) is 7.58. The van der Waals surface area contributed by atoms with E-state index in [1.54, 1.807) is 18.1 Å². The number of carbonyl (C=O) groups excluding carboxylic acids is 1. The summed E-state index contributed by atoms with van der Waals surface area (Å²) in [5, 5.41) is 11.5. The second-order valence-electron chi connectivity index (χ2n) is 6.53. The van der Waals surface area contributed by atoms with Crippen LogP contribution in [-0.2, 0) is 7.05 Å². The van der Waals surface area contributed by atoms with Crippen molar-refractivity contribution in [3.05, 3.63) is 52.1 Å². The van der Waals surface area contributed by atoms with Gasteiger partial charge in [0.05, 0.1) is 11.5 Å². The molecule has 0 saturated carbocycles. The number of halogens is 3. The van der Waals surface area contributed by atoms with Crippen molar-refractivity contribution >= 4 is 17.2 Å². The summed E-state index contributed by atoms with van der Waals surface area (Å²) >= 11 is 0. The topological polar surface area (TPSA) is 84.5 Å². The van der Waals surface area contributed by atoms with E-state index in [9.17, 15) is 28.1 Å². The van der Waals surface area contributed by atoms with E-state index in [2.05, 4.69) is 4.98 Å². The molecule has 2 aromatic rings. The number of benzene rings is 1. The van der Waals surface area contributed by atoms with Gasteiger partial charge in [0.2, 0.25) is 5.78 Å². The molecule has 1 aliphatic rings. The summed E-state index contributed by atoms with van der Waals surface area (Å²) in [4.78, 5) is 30.4. The summed E-state index contributed by atoms with van der Waals surface area (Å²) in [6.45, 7) is -0.261. The number of hydrogen-bond donors (Lipinski definition) is 0. The minimum Gasteiger partial charge on any atom is -0.363 e. The molecule has 1 saturated heterocycles. The van der Waals surface area contributed by atoms with Gasteiger partial charge >= 0.3 is 6.18 Å². The van der Waals surface area contributed by atoms with Crippen LogP contribution in [0.5, 0.6) is 0 Å². The lowest BCUT2D eigenvalue weighted by Crippen LogP contribution is -2.49. The van der Waals surface area contributed by atoms with Gasteiger partial charge in [0.1, 0.15) is 5.69 Å². The molecule has 150 valence electrons. The third-order valence-corrected chi connectivity index (χ3v) is 4.57. The SMILES string of the molecule is Cn1ccnc1C(=O)c1ccc(N2CCN(CC(F)(F)F)CC2)c([N+](=O)[O-])c1. The fourth-order valence-corrected chi connectivity index (χ4v) is 3.19. The van der Waals surface area contributed by atoms with E-state index in [1.165, 1.54) is 33.9 Å². The number of nitrogens with zero attached hydrogens (tertiary/aromatic N) is 5. The van der Waals surface area contributed by atoms with Crippen molar-refractivity contribution in [3.63, 3.8) is 0 Å². The van der Waals surface area contributed by atoms with Crippen molar-refractivity contribution in [1.29, 1.82) is 0 Å². The average Bonchev–Trinajstić information content (AvgIpc) is 3.06. The molecule has 3 rings (SSSR count). The third-order valence-electron chi connectivity index (χ3n) is 4.57. The smallest absolute Gasteiger partial charge is 0.363 e. The molecule has 0 aliphatic carbocycles. The second-order valence-corrected chi connectivity index (χ2v) is 6.53. The van der Waals surface area contributed by atoms with E-state index in [0.717, 1.165) is 0 Å². The molecule has 1 fully saturated rings. The zero-order valence-corrected chi connectivity index (χ0v) is 15.0. The van der Waals surface area contributed by atoms with Crippen LogP contribution < -0.4 is 4.90 Å². The lowest BCUT2D eigenvalue weighted by molar-refractivity contribution is -0.384. The zero-order chi connectivity index (χ0) is 20.5. The number of imidazole rings is 1. The van der Waals surface area contributed by atoms with Gasteiger partial charge in [0, 0.05) is 57.3 Å². The van der Waals surface area contributed by atoms with Crippen LogP contribution in [0, 0.1) is 10.1 Å². The Kier molecular flexibility index (Phi) is 5.36. The first-order chi connectivity index (χ1) is 13.2. The Morgan fingerprint density at radius 2 is 1.93 bits per heavy atom. The Morgan fingerprint density at radius 1 is 1.25 bits per heavy atom. The van der Waals surface area contributed by atoms with E-state index >= 15 is 0 Å². The Hall–Kier alpha value is -2.95. The molecule has 0 N–H and O–H groups in total. The van der Waals surface area contributed by atoms with E-state index in [-0.39, 0.29) is 48.9 Å². The van der Waals surface area contributed by atoms with Crippen LogP contribution in [0.4, 0.5) is 24.5 Å². The number of carbonyl (C=O) groups is 1. The molecule has 0 unspecified atom stereocenters. The van der Waals surface area contributed by atoms with Crippen LogP contribution in [0.15, 0.2) is 30.6 Å². The molecule has 11 heteroatoms. The van der Waals surface area contributed by atoms with Crippen LogP contribution in [0.25, 0.3) is 0 Å². The van der Waals surface area contributed by atoms with Crippen molar-refractivity contribution in [2.75, 3.05) is 37.6 Å². The van der Waals surface area contributed by atoms with E-state index < -0.39 is 23.4 Å². The summed E-state index contributed by atoms with van der Waals surface area (Å²) in [5.41, 5.74) is 0.151. The Bertz CT molecular complexity index is 888. The number of aromatic nitrogens is 2. The lowest BCUT2D eigenvalue weighted by Gasteiger charge is -2.36. The first-order valence-electron chi connectivity index (χ1n) is 8.50. The normalized spacial score (nSPS) is 15.6. The number of nitro benzene ring substituents is 1. The fourth-order valence-electron chi connectivity index (χ4n) is 3.19. The molecule has 28 heavy (non-hydrogen) atoms. The lowest BCUT2D eigenvalue weighted by atomic mass is 10.1. The van der Waals surface area contributed by atoms with E-state index in [1.807, 2.05) is 0 Å². The molecule has 0 atom stereocenters. The monoisotopic (exact) mass is 397 g/mol. The van der Waals surface area contributed by atoms with E-state index in [0.29, 0.717) is 0 Å². The predicted octanol–water partition coefficient (Wildman–Crippen LogP) is 2.24. The molecule has 1 aromatic heterocycles.